The number of imide groups is 1. The van der Waals surface area contributed by atoms with E-state index in [2.05, 4.69) is 26.2 Å². The fourth-order valence-electron chi connectivity index (χ4n) is 5.46. The van der Waals surface area contributed by atoms with Crippen molar-refractivity contribution in [3.63, 3.8) is 0 Å². The third-order valence-electron chi connectivity index (χ3n) is 7.41. The zero-order valence-corrected chi connectivity index (χ0v) is 27.4. The number of alkyl halides is 3. The number of para-hydroxylation sites is 1. The fourth-order valence-corrected chi connectivity index (χ4v) is 8.86. The van der Waals surface area contributed by atoms with Crippen molar-refractivity contribution >= 4 is 78.1 Å². The van der Waals surface area contributed by atoms with Crippen LogP contribution < -0.4 is 25.0 Å². The first-order valence-electron chi connectivity index (χ1n) is 13.4. The highest BCUT2D eigenvalue weighted by Crippen LogP contribution is 2.55. The third kappa shape index (κ3) is 6.34. The summed E-state index contributed by atoms with van der Waals surface area (Å²) in [5.74, 6) is -4.50. The minimum atomic E-state index is -4.85. The first-order chi connectivity index (χ1) is 22.1. The largest absolute Gasteiger partial charge is 0.483 e. The number of halogens is 4. The number of fused-ring (bicyclic) bond motifs is 2. The molecule has 3 aromatic carbocycles. The lowest BCUT2D eigenvalue weighted by Gasteiger charge is -2.31. The Morgan fingerprint density at radius 2 is 1.74 bits per heavy atom. The number of thiazole rings is 1. The summed E-state index contributed by atoms with van der Waals surface area (Å²) in [4.78, 5) is 56.0. The number of H-pyrrole nitrogens is 1. The average Bonchev–Trinajstić information content (AvgIpc) is 3.49. The summed E-state index contributed by atoms with van der Waals surface area (Å²) in [7, 11) is -3.94. The van der Waals surface area contributed by atoms with Crippen LogP contribution in [0.25, 0.3) is 0 Å². The van der Waals surface area contributed by atoms with E-state index < -0.39 is 73.7 Å². The molecule has 18 heteroatoms. The lowest BCUT2D eigenvalue weighted by Crippen LogP contribution is -2.33. The highest BCUT2D eigenvalue weighted by atomic mass is 79.9. The van der Waals surface area contributed by atoms with E-state index in [1.807, 2.05) is 0 Å². The maximum absolute atomic E-state index is 14.1. The van der Waals surface area contributed by atoms with Crippen molar-refractivity contribution in [2.45, 2.75) is 27.3 Å². The molecule has 0 radical (unpaired) electrons. The number of benzene rings is 3. The summed E-state index contributed by atoms with van der Waals surface area (Å²) < 4.78 is 71.2. The number of nitrogens with two attached hydrogens (primary N) is 1. The summed E-state index contributed by atoms with van der Waals surface area (Å²) >= 11 is 5.09. The number of hydrogen-bond acceptors (Lipinski definition) is 9. The predicted molar refractivity (Wildman–Crippen MR) is 170 cm³/mol. The SMILES string of the molecule is NS(=O)(=O)c1ccc(NC(=O)COc2ccc(Br)cc2C2c3sc(=O)[nH]c3SC3C(=O)N(c4ccccc4C(F)(F)F)C(=O)C32)cc1. The van der Waals surface area contributed by atoms with Crippen molar-refractivity contribution in [3.05, 3.63) is 96.9 Å². The van der Waals surface area contributed by atoms with Gasteiger partial charge in [-0.1, -0.05) is 51.2 Å². The van der Waals surface area contributed by atoms with Crippen LogP contribution in [0.4, 0.5) is 24.5 Å². The highest BCUT2D eigenvalue weighted by Gasteiger charge is 2.57. The summed E-state index contributed by atoms with van der Waals surface area (Å²) in [6.45, 7) is -0.546. The van der Waals surface area contributed by atoms with Gasteiger partial charge in [0, 0.05) is 26.5 Å². The molecule has 4 aromatic rings. The number of thioether (sulfide) groups is 1. The molecule has 4 N–H and O–H groups in total. The lowest BCUT2D eigenvalue weighted by atomic mass is 9.82. The van der Waals surface area contributed by atoms with E-state index in [1.165, 1.54) is 36.4 Å². The Morgan fingerprint density at radius 3 is 2.43 bits per heavy atom. The Balaban J connectivity index is 1.34. The van der Waals surface area contributed by atoms with Crippen LogP contribution in [-0.2, 0) is 30.6 Å². The molecule has 3 unspecified atom stereocenters. The van der Waals surface area contributed by atoms with Gasteiger partial charge in [-0.05, 0) is 54.6 Å². The molecule has 2 aliphatic heterocycles. The average molecular weight is 770 g/mol. The molecule has 0 spiro atoms. The second kappa shape index (κ2) is 12.2. The van der Waals surface area contributed by atoms with Crippen LogP contribution in [0.3, 0.4) is 0 Å². The van der Waals surface area contributed by atoms with Crippen molar-refractivity contribution in [2.24, 2.45) is 11.1 Å². The number of primary sulfonamides is 1. The van der Waals surface area contributed by atoms with Gasteiger partial charge in [0.2, 0.25) is 21.8 Å². The zero-order valence-electron chi connectivity index (χ0n) is 23.4. The van der Waals surface area contributed by atoms with E-state index in [9.17, 15) is 40.8 Å². The summed E-state index contributed by atoms with van der Waals surface area (Å²) in [6, 6.07) is 14.1. The molecule has 1 saturated heterocycles. The first-order valence-corrected chi connectivity index (χ1v) is 17.5. The van der Waals surface area contributed by atoms with Crippen molar-refractivity contribution in [3.8, 4) is 5.75 Å². The van der Waals surface area contributed by atoms with E-state index in [-0.39, 0.29) is 16.3 Å². The van der Waals surface area contributed by atoms with Gasteiger partial charge in [0.1, 0.15) is 11.0 Å². The van der Waals surface area contributed by atoms with E-state index in [1.54, 1.807) is 12.1 Å². The normalized spacial score (nSPS) is 19.3. The third-order valence-corrected chi connectivity index (χ3v) is 11.2. The molecule has 3 amide bonds. The first kappa shape index (κ1) is 33.0. The van der Waals surface area contributed by atoms with Crippen LogP contribution >= 0.6 is 39.0 Å². The Labute approximate surface area is 280 Å². The second-order valence-corrected chi connectivity index (χ2v) is 15.0. The summed E-state index contributed by atoms with van der Waals surface area (Å²) in [5.41, 5.74) is -1.18. The summed E-state index contributed by atoms with van der Waals surface area (Å²) in [5, 5.41) is 6.78. The van der Waals surface area contributed by atoms with Crippen LogP contribution in [-0.4, -0.2) is 43.0 Å². The van der Waals surface area contributed by atoms with E-state index in [0.29, 0.717) is 24.8 Å². The predicted octanol–water partition coefficient (Wildman–Crippen LogP) is 4.68. The molecule has 0 aliphatic carbocycles. The van der Waals surface area contributed by atoms with Gasteiger partial charge < -0.3 is 15.0 Å². The number of anilines is 2. The topological polar surface area (TPSA) is 169 Å². The number of sulfonamides is 1. The maximum Gasteiger partial charge on any atom is 0.418 e. The number of carbonyl (C=O) groups is 3. The molecular weight excluding hydrogens is 749 g/mol. The molecule has 2 aliphatic rings. The minimum Gasteiger partial charge on any atom is -0.483 e. The monoisotopic (exact) mass is 768 g/mol. The minimum absolute atomic E-state index is 0.116. The number of ether oxygens (including phenoxy) is 1. The van der Waals surface area contributed by atoms with Gasteiger partial charge in [0.15, 0.2) is 6.61 Å². The van der Waals surface area contributed by atoms with Crippen molar-refractivity contribution in [2.75, 3.05) is 16.8 Å². The fraction of sp³-hybridized carbons (Fsp3) is 0.172. The highest BCUT2D eigenvalue weighted by molar-refractivity contribution is 9.10. The molecule has 1 fully saturated rings. The van der Waals surface area contributed by atoms with Crippen LogP contribution in [0.5, 0.6) is 5.75 Å². The van der Waals surface area contributed by atoms with Crippen LogP contribution in [0, 0.1) is 5.92 Å². The van der Waals surface area contributed by atoms with Gasteiger partial charge in [0.05, 0.1) is 27.1 Å². The molecule has 3 atom stereocenters. The molecule has 6 rings (SSSR count). The quantitative estimate of drug-likeness (QED) is 0.228. The number of nitrogens with zero attached hydrogens (tertiary/aromatic N) is 1. The van der Waals surface area contributed by atoms with E-state index in [0.717, 1.165) is 41.3 Å². The van der Waals surface area contributed by atoms with E-state index >= 15 is 0 Å². The standard InChI is InChI=1S/C29H20BrF3N4O7S3/c30-13-5-10-19(44-12-20(38)35-14-6-8-15(9-7-14)47(34,42)43)16(11-13)21-22-24(45-25-23(21)46-28(41)36-25)27(40)37(26(22)39)18-4-2-1-3-17(18)29(31,32)33/h1-11,21-22,24H,12H2,(H,35,38)(H,36,41)(H2,34,42,43). The Bertz CT molecular complexity index is 2100. The molecule has 0 bridgehead atoms. The zero-order chi connectivity index (χ0) is 33.8. The van der Waals surface area contributed by atoms with Crippen molar-refractivity contribution < 1.29 is 40.7 Å². The molecule has 3 heterocycles. The molecule has 47 heavy (non-hydrogen) atoms. The molecule has 244 valence electrons. The number of amides is 3. The van der Waals surface area contributed by atoms with Crippen molar-refractivity contribution in [1.29, 1.82) is 0 Å². The van der Waals surface area contributed by atoms with Gasteiger partial charge in [0.25, 0.3) is 5.91 Å². The number of aromatic nitrogens is 1. The number of aromatic amines is 1. The molecule has 0 saturated carbocycles. The molecule has 11 nitrogen and oxygen atoms in total. The number of hydrogen-bond donors (Lipinski definition) is 3. The van der Waals surface area contributed by atoms with Gasteiger partial charge in [-0.2, -0.15) is 13.2 Å². The Morgan fingerprint density at radius 1 is 1.04 bits per heavy atom. The smallest absolute Gasteiger partial charge is 0.418 e. The van der Waals surface area contributed by atoms with Crippen LogP contribution in [0.1, 0.15) is 21.9 Å². The number of carbonyl (C=O) groups excluding carboxylic acids is 3. The molecule has 1 aromatic heterocycles. The van der Waals surface area contributed by atoms with Crippen molar-refractivity contribution in [1.82, 2.24) is 4.98 Å². The summed E-state index contributed by atoms with van der Waals surface area (Å²) in [6.07, 6.45) is -4.85. The number of nitrogens with one attached hydrogen (secondary N) is 2. The van der Waals surface area contributed by atoms with Gasteiger partial charge >= 0.3 is 11.0 Å². The maximum atomic E-state index is 14.1. The van der Waals surface area contributed by atoms with Crippen LogP contribution in [0.15, 0.2) is 85.9 Å². The second-order valence-electron chi connectivity index (χ2n) is 10.4. The van der Waals surface area contributed by atoms with E-state index in [4.69, 9.17) is 9.88 Å². The molecular formula is C29H20BrF3N4O7S3. The Kier molecular flexibility index (Phi) is 8.58. The lowest BCUT2D eigenvalue weighted by molar-refractivity contribution is -0.137. The number of rotatable bonds is 7. The van der Waals surface area contributed by atoms with Gasteiger partial charge in [-0.15, -0.1) is 0 Å². The Hall–Kier alpha value is -3.97. The van der Waals surface area contributed by atoms with Gasteiger partial charge in [-0.3, -0.25) is 19.2 Å². The van der Waals surface area contributed by atoms with Crippen LogP contribution in [0.2, 0.25) is 0 Å². The van der Waals surface area contributed by atoms with Gasteiger partial charge in [-0.25, -0.2) is 18.5 Å².